The number of aromatic amines is 1. The van der Waals surface area contributed by atoms with Crippen LogP contribution in [0.15, 0.2) is 17.2 Å². The maximum atomic E-state index is 12.6. The third-order valence-electron chi connectivity index (χ3n) is 3.63. The van der Waals surface area contributed by atoms with Crippen LogP contribution in [-0.4, -0.2) is 74.3 Å². The molecule has 0 aromatic carbocycles. The van der Waals surface area contributed by atoms with Crippen molar-refractivity contribution in [1.82, 2.24) is 14.2 Å². The highest BCUT2D eigenvalue weighted by atomic mass is 32.2. The summed E-state index contributed by atoms with van der Waals surface area (Å²) in [6, 6.07) is 1.20. The van der Waals surface area contributed by atoms with Crippen LogP contribution in [0.2, 0.25) is 0 Å². The third kappa shape index (κ3) is 4.31. The van der Waals surface area contributed by atoms with Crippen LogP contribution >= 0.6 is 0 Å². The van der Waals surface area contributed by atoms with E-state index >= 15 is 0 Å². The molecule has 0 unspecified atom stereocenters. The van der Waals surface area contributed by atoms with Gasteiger partial charge in [0.05, 0.1) is 19.8 Å². The minimum atomic E-state index is -3.73. The quantitative estimate of drug-likeness (QED) is 0.786. The minimum absolute atomic E-state index is 0.0177. The molecule has 0 spiro atoms. The number of H-pyrrole nitrogens is 1. The highest BCUT2D eigenvalue weighted by Crippen LogP contribution is 2.19. The number of amides is 1. The third-order valence-corrected chi connectivity index (χ3v) is 5.51. The molecule has 24 heavy (non-hydrogen) atoms. The molecular weight excluding hydrogens is 344 g/mol. The van der Waals surface area contributed by atoms with Gasteiger partial charge in [0.15, 0.2) is 0 Å². The van der Waals surface area contributed by atoms with Crippen molar-refractivity contribution in [3.8, 4) is 0 Å². The molecule has 1 saturated heterocycles. The maximum absolute atomic E-state index is 12.6. The summed E-state index contributed by atoms with van der Waals surface area (Å²) in [4.78, 5) is 15.9. The van der Waals surface area contributed by atoms with Crippen LogP contribution in [0.4, 0.5) is 8.78 Å². The van der Waals surface area contributed by atoms with E-state index in [4.69, 9.17) is 4.74 Å². The fraction of sp³-hybridized carbons (Fsp3) is 0.643. The first-order valence-electron chi connectivity index (χ1n) is 7.70. The van der Waals surface area contributed by atoms with Gasteiger partial charge in [-0.1, -0.05) is 6.92 Å². The first-order chi connectivity index (χ1) is 11.4. The van der Waals surface area contributed by atoms with E-state index in [0.29, 0.717) is 19.6 Å². The van der Waals surface area contributed by atoms with E-state index in [1.807, 2.05) is 0 Å². The number of ether oxygens (including phenoxy) is 1. The number of nitrogens with one attached hydrogen (secondary N) is 1. The summed E-state index contributed by atoms with van der Waals surface area (Å²) in [5.41, 5.74) is -0.0177. The molecule has 1 N–H and O–H groups in total. The molecule has 1 aliphatic rings. The van der Waals surface area contributed by atoms with Gasteiger partial charge in [-0.2, -0.15) is 4.31 Å². The number of hydrogen-bond donors (Lipinski definition) is 1. The average Bonchev–Trinajstić information content (AvgIpc) is 3.05. The largest absolute Gasteiger partial charge is 0.379 e. The summed E-state index contributed by atoms with van der Waals surface area (Å²) in [7, 11) is -3.73. The summed E-state index contributed by atoms with van der Waals surface area (Å²) in [6.45, 7) is 2.37. The van der Waals surface area contributed by atoms with E-state index in [9.17, 15) is 22.0 Å². The Morgan fingerprint density at radius 3 is 2.67 bits per heavy atom. The number of rotatable bonds is 7. The molecule has 0 aliphatic carbocycles. The number of carbonyl (C=O) groups is 1. The predicted octanol–water partition coefficient (Wildman–Crippen LogP) is 1.15. The highest BCUT2D eigenvalue weighted by molar-refractivity contribution is 7.89. The van der Waals surface area contributed by atoms with Crippen LogP contribution in [0.1, 0.15) is 23.8 Å². The molecule has 1 aromatic rings. The van der Waals surface area contributed by atoms with Crippen molar-refractivity contribution in [1.29, 1.82) is 0 Å². The lowest BCUT2D eigenvalue weighted by molar-refractivity contribution is 0.0551. The minimum Gasteiger partial charge on any atom is -0.379 e. The Bertz CT molecular complexity index is 657. The molecule has 2 heterocycles. The molecule has 0 atom stereocenters. The molecule has 10 heteroatoms. The second-order valence-electron chi connectivity index (χ2n) is 5.41. The lowest BCUT2D eigenvalue weighted by atomic mass is 10.3. The van der Waals surface area contributed by atoms with Crippen molar-refractivity contribution in [2.24, 2.45) is 0 Å². The smallest absolute Gasteiger partial charge is 0.270 e. The molecule has 2 rings (SSSR count). The number of alkyl halides is 2. The van der Waals surface area contributed by atoms with Gasteiger partial charge in [-0.3, -0.25) is 4.79 Å². The van der Waals surface area contributed by atoms with Crippen LogP contribution in [0, 0.1) is 0 Å². The molecule has 1 fully saturated rings. The van der Waals surface area contributed by atoms with Gasteiger partial charge in [-0.05, 0) is 12.5 Å². The van der Waals surface area contributed by atoms with Crippen LogP contribution in [0.3, 0.4) is 0 Å². The van der Waals surface area contributed by atoms with E-state index in [1.165, 1.54) is 16.6 Å². The van der Waals surface area contributed by atoms with Crippen molar-refractivity contribution < 1.29 is 26.7 Å². The number of halogens is 2. The topological polar surface area (TPSA) is 82.7 Å². The lowest BCUT2D eigenvalue weighted by Crippen LogP contribution is -2.40. The number of carbonyl (C=O) groups excluding carboxylic acids is 1. The number of nitrogens with zero attached hydrogens (tertiary/aromatic N) is 2. The summed E-state index contributed by atoms with van der Waals surface area (Å²) >= 11 is 0. The molecule has 0 radical (unpaired) electrons. The Morgan fingerprint density at radius 2 is 2.08 bits per heavy atom. The second-order valence-corrected chi connectivity index (χ2v) is 7.35. The van der Waals surface area contributed by atoms with E-state index in [0.717, 1.165) is 4.90 Å². The maximum Gasteiger partial charge on any atom is 0.270 e. The number of sulfonamides is 1. The van der Waals surface area contributed by atoms with Gasteiger partial charge in [-0.15, -0.1) is 0 Å². The van der Waals surface area contributed by atoms with Crippen molar-refractivity contribution in [3.05, 3.63) is 18.0 Å². The zero-order valence-electron chi connectivity index (χ0n) is 13.4. The van der Waals surface area contributed by atoms with E-state index in [1.54, 1.807) is 6.92 Å². The Kier molecular flexibility index (Phi) is 6.30. The molecule has 136 valence electrons. The first kappa shape index (κ1) is 18.8. The Hall–Kier alpha value is -1.52. The van der Waals surface area contributed by atoms with Gasteiger partial charge in [0.1, 0.15) is 10.6 Å². The number of morpholine rings is 1. The molecular formula is C14H21F2N3O4S. The second kappa shape index (κ2) is 8.04. The SMILES string of the molecule is CCCN(CC(F)F)C(=O)c1cc(S(=O)(=O)N2CCOCC2)c[nH]1. The molecule has 0 saturated carbocycles. The standard InChI is InChI=1S/C14H21F2N3O4S/c1-2-3-18(10-13(15)16)14(20)12-8-11(9-17-12)24(21,22)19-4-6-23-7-5-19/h8-9,13,17H,2-7,10H2,1H3. The molecule has 0 bridgehead atoms. The van der Waals surface area contributed by atoms with Crippen molar-refractivity contribution in [2.75, 3.05) is 39.4 Å². The first-order valence-corrected chi connectivity index (χ1v) is 9.14. The summed E-state index contributed by atoms with van der Waals surface area (Å²) in [5.74, 6) is -0.638. The van der Waals surface area contributed by atoms with Gasteiger partial charge in [-0.25, -0.2) is 17.2 Å². The Morgan fingerprint density at radius 1 is 1.42 bits per heavy atom. The van der Waals surface area contributed by atoms with E-state index < -0.39 is 28.9 Å². The zero-order valence-corrected chi connectivity index (χ0v) is 14.2. The average molecular weight is 365 g/mol. The van der Waals surface area contributed by atoms with Gasteiger partial charge in [0.2, 0.25) is 10.0 Å². The van der Waals surface area contributed by atoms with Crippen LogP contribution in [-0.2, 0) is 14.8 Å². The molecule has 1 aromatic heterocycles. The van der Waals surface area contributed by atoms with E-state index in [2.05, 4.69) is 4.98 Å². The van der Waals surface area contributed by atoms with Crippen molar-refractivity contribution >= 4 is 15.9 Å². The summed E-state index contributed by atoms with van der Waals surface area (Å²) in [6.07, 6.45) is -0.908. The molecule has 7 nitrogen and oxygen atoms in total. The lowest BCUT2D eigenvalue weighted by Gasteiger charge is -2.25. The Balaban J connectivity index is 2.17. The van der Waals surface area contributed by atoms with Crippen molar-refractivity contribution in [2.45, 2.75) is 24.7 Å². The van der Waals surface area contributed by atoms with E-state index in [-0.39, 0.29) is 30.2 Å². The van der Waals surface area contributed by atoms with Gasteiger partial charge in [0.25, 0.3) is 12.3 Å². The van der Waals surface area contributed by atoms with Crippen LogP contribution in [0.5, 0.6) is 0 Å². The normalized spacial score (nSPS) is 16.5. The molecule has 1 amide bonds. The van der Waals surface area contributed by atoms with Crippen LogP contribution < -0.4 is 0 Å². The highest BCUT2D eigenvalue weighted by Gasteiger charge is 2.29. The van der Waals surface area contributed by atoms with Gasteiger partial charge in [0, 0.05) is 25.8 Å². The summed E-state index contributed by atoms with van der Waals surface area (Å²) in [5, 5.41) is 0. The number of aromatic nitrogens is 1. The Labute approximate surface area is 139 Å². The zero-order chi connectivity index (χ0) is 17.7. The molecule has 1 aliphatic heterocycles. The van der Waals surface area contributed by atoms with Gasteiger partial charge < -0.3 is 14.6 Å². The number of hydrogen-bond acceptors (Lipinski definition) is 4. The van der Waals surface area contributed by atoms with Gasteiger partial charge >= 0.3 is 0 Å². The van der Waals surface area contributed by atoms with Crippen LogP contribution in [0.25, 0.3) is 0 Å². The monoisotopic (exact) mass is 365 g/mol. The fourth-order valence-corrected chi connectivity index (χ4v) is 3.87. The predicted molar refractivity (Wildman–Crippen MR) is 82.6 cm³/mol. The summed E-state index contributed by atoms with van der Waals surface area (Å²) < 4.78 is 56.6. The van der Waals surface area contributed by atoms with Crippen molar-refractivity contribution in [3.63, 3.8) is 0 Å². The fourth-order valence-electron chi connectivity index (χ4n) is 2.47.